The molecule has 9 heteroatoms. The van der Waals surface area contributed by atoms with Gasteiger partial charge in [-0.25, -0.2) is 4.79 Å². The Kier molecular flexibility index (Phi) is 8.46. The molecule has 198 valence electrons. The zero-order valence-electron chi connectivity index (χ0n) is 21.3. The number of alkyl halides is 3. The third-order valence-corrected chi connectivity index (χ3v) is 5.40. The van der Waals surface area contributed by atoms with Crippen molar-refractivity contribution in [3.63, 3.8) is 0 Å². The van der Waals surface area contributed by atoms with Gasteiger partial charge in [0.15, 0.2) is 0 Å². The second kappa shape index (κ2) is 11.4. The molecule has 0 fully saturated rings. The number of hydrogen-bond donors (Lipinski definition) is 0. The Morgan fingerprint density at radius 3 is 2.21 bits per heavy atom. The van der Waals surface area contributed by atoms with Crippen LogP contribution in [0.2, 0.25) is 0 Å². The molecule has 0 unspecified atom stereocenters. The van der Waals surface area contributed by atoms with Gasteiger partial charge in [0.05, 0.1) is 36.3 Å². The lowest BCUT2D eigenvalue weighted by Crippen LogP contribution is -2.25. The second-order valence-electron chi connectivity index (χ2n) is 9.43. The summed E-state index contributed by atoms with van der Waals surface area (Å²) in [4.78, 5) is 24.2. The number of nitriles is 1. The zero-order valence-corrected chi connectivity index (χ0v) is 21.3. The molecule has 38 heavy (non-hydrogen) atoms. The first-order valence-corrected chi connectivity index (χ1v) is 11.6. The summed E-state index contributed by atoms with van der Waals surface area (Å²) in [5.74, 6) is -0.882. The van der Waals surface area contributed by atoms with Crippen LogP contribution in [0, 0.1) is 11.3 Å². The van der Waals surface area contributed by atoms with Crippen molar-refractivity contribution in [1.29, 1.82) is 5.26 Å². The normalized spacial score (nSPS) is 11.4. The smallest absolute Gasteiger partial charge is 0.416 e. The van der Waals surface area contributed by atoms with E-state index in [0.717, 1.165) is 17.7 Å². The molecule has 0 saturated heterocycles. The van der Waals surface area contributed by atoms with Crippen LogP contribution in [-0.4, -0.2) is 24.6 Å². The lowest BCUT2D eigenvalue weighted by molar-refractivity contribution is -0.140. The highest BCUT2D eigenvalue weighted by Crippen LogP contribution is 2.32. The van der Waals surface area contributed by atoms with Crippen LogP contribution in [0.1, 0.15) is 53.4 Å². The molecule has 0 saturated carbocycles. The molecule has 0 amide bonds. The van der Waals surface area contributed by atoms with Crippen LogP contribution in [0.25, 0.3) is 11.1 Å². The lowest BCUT2D eigenvalue weighted by atomic mass is 9.97. The molecule has 0 bridgehead atoms. The number of rotatable bonds is 7. The van der Waals surface area contributed by atoms with E-state index in [1.165, 1.54) is 13.2 Å². The largest absolute Gasteiger partial charge is 0.489 e. The maximum Gasteiger partial charge on any atom is 0.416 e. The van der Waals surface area contributed by atoms with E-state index in [9.17, 15) is 28.0 Å². The van der Waals surface area contributed by atoms with Gasteiger partial charge in [-0.2, -0.15) is 18.4 Å². The van der Waals surface area contributed by atoms with Crippen LogP contribution in [-0.2, 0) is 33.5 Å². The van der Waals surface area contributed by atoms with Crippen LogP contribution in [0.4, 0.5) is 13.2 Å². The first-order valence-electron chi connectivity index (χ1n) is 11.6. The number of carbonyl (C=O) groups is 2. The predicted molar refractivity (Wildman–Crippen MR) is 133 cm³/mol. The van der Waals surface area contributed by atoms with Crippen molar-refractivity contribution in [1.82, 2.24) is 0 Å². The molecule has 0 radical (unpaired) electrons. The molecule has 3 aromatic carbocycles. The summed E-state index contributed by atoms with van der Waals surface area (Å²) in [5, 5.41) is 9.57. The van der Waals surface area contributed by atoms with E-state index in [2.05, 4.69) is 10.8 Å². The Labute approximate surface area is 218 Å². The Morgan fingerprint density at radius 1 is 0.947 bits per heavy atom. The van der Waals surface area contributed by atoms with E-state index >= 15 is 0 Å². The molecule has 0 atom stereocenters. The van der Waals surface area contributed by atoms with Crippen LogP contribution in [0.3, 0.4) is 0 Å². The van der Waals surface area contributed by atoms with Crippen LogP contribution in [0.15, 0.2) is 60.7 Å². The first-order chi connectivity index (χ1) is 17.8. The first kappa shape index (κ1) is 28.3. The van der Waals surface area contributed by atoms with Gasteiger partial charge in [0, 0.05) is 5.56 Å². The molecule has 0 N–H and O–H groups in total. The SMILES string of the molecule is COC(=O)Cc1ccc(-c2ccc(OCc3ccc(C(F)(F)F)cc3C(=O)OC(C)(C)C)cc2)c(C#N)c1. The van der Waals surface area contributed by atoms with Crippen molar-refractivity contribution in [2.75, 3.05) is 7.11 Å². The molecule has 3 aromatic rings. The number of esters is 2. The maximum absolute atomic E-state index is 13.3. The molecular weight excluding hydrogens is 499 g/mol. The number of methoxy groups -OCH3 is 1. The van der Waals surface area contributed by atoms with E-state index in [1.54, 1.807) is 63.2 Å². The number of halogens is 3. The van der Waals surface area contributed by atoms with Crippen molar-refractivity contribution in [3.05, 3.63) is 88.5 Å². The fraction of sp³-hybridized carbons (Fsp3) is 0.276. The minimum atomic E-state index is -4.62. The number of hydrogen-bond acceptors (Lipinski definition) is 6. The summed E-state index contributed by atoms with van der Waals surface area (Å²) >= 11 is 0. The fourth-order valence-electron chi connectivity index (χ4n) is 3.58. The molecule has 3 rings (SSSR count). The van der Waals surface area contributed by atoms with E-state index < -0.39 is 29.3 Å². The molecule has 0 spiro atoms. The summed E-state index contributed by atoms with van der Waals surface area (Å²) in [6, 6.07) is 16.8. The maximum atomic E-state index is 13.3. The van der Waals surface area contributed by atoms with Crippen LogP contribution in [0.5, 0.6) is 5.75 Å². The lowest BCUT2D eigenvalue weighted by Gasteiger charge is -2.21. The highest BCUT2D eigenvalue weighted by atomic mass is 19.4. The quantitative estimate of drug-likeness (QED) is 0.328. The van der Waals surface area contributed by atoms with Gasteiger partial charge in [-0.3, -0.25) is 4.79 Å². The predicted octanol–water partition coefficient (Wildman–Crippen LogP) is 6.49. The number of benzene rings is 3. The van der Waals surface area contributed by atoms with Crippen LogP contribution < -0.4 is 4.74 Å². The molecular formula is C29H26F3NO5. The second-order valence-corrected chi connectivity index (χ2v) is 9.43. The average Bonchev–Trinajstić information content (AvgIpc) is 2.86. The van der Waals surface area contributed by atoms with Crippen molar-refractivity contribution in [2.24, 2.45) is 0 Å². The van der Waals surface area contributed by atoms with Crippen molar-refractivity contribution >= 4 is 11.9 Å². The topological polar surface area (TPSA) is 85.6 Å². The van der Waals surface area contributed by atoms with Gasteiger partial charge in [-0.05, 0) is 67.8 Å². The van der Waals surface area contributed by atoms with Crippen LogP contribution >= 0.6 is 0 Å². The standard InChI is InChI=1S/C29H26F3NO5/c1-28(2,3)38-27(35)25-15-22(29(30,31)32)9-6-20(25)17-37-23-10-7-19(8-11-23)24-12-5-18(13-21(24)16-33)14-26(34)36-4/h5-13,15H,14,17H2,1-4H3. The summed E-state index contributed by atoms with van der Waals surface area (Å²) in [6.07, 6.45) is -4.57. The number of carbonyl (C=O) groups excluding carboxylic acids is 2. The molecule has 0 aliphatic rings. The molecule has 0 aliphatic carbocycles. The fourth-order valence-corrected chi connectivity index (χ4v) is 3.58. The van der Waals surface area contributed by atoms with Gasteiger partial charge >= 0.3 is 18.1 Å². The molecule has 6 nitrogen and oxygen atoms in total. The van der Waals surface area contributed by atoms with Crippen molar-refractivity contribution in [3.8, 4) is 22.9 Å². The van der Waals surface area contributed by atoms with Crippen molar-refractivity contribution in [2.45, 2.75) is 45.6 Å². The van der Waals surface area contributed by atoms with Gasteiger partial charge in [0.2, 0.25) is 0 Å². The van der Waals surface area contributed by atoms with Gasteiger partial charge in [0.25, 0.3) is 0 Å². The van der Waals surface area contributed by atoms with E-state index in [-0.39, 0.29) is 24.2 Å². The Bertz CT molecular complexity index is 1370. The van der Waals surface area contributed by atoms with E-state index in [0.29, 0.717) is 22.4 Å². The van der Waals surface area contributed by atoms with Gasteiger partial charge < -0.3 is 14.2 Å². The number of ether oxygens (including phenoxy) is 3. The Balaban J connectivity index is 1.81. The third kappa shape index (κ3) is 7.35. The Morgan fingerprint density at radius 2 is 1.63 bits per heavy atom. The minimum Gasteiger partial charge on any atom is -0.489 e. The summed E-state index contributed by atoms with van der Waals surface area (Å²) in [7, 11) is 1.29. The summed E-state index contributed by atoms with van der Waals surface area (Å²) < 4.78 is 55.5. The zero-order chi connectivity index (χ0) is 28.1. The molecule has 0 aliphatic heterocycles. The van der Waals surface area contributed by atoms with Gasteiger partial charge in [-0.1, -0.05) is 30.3 Å². The van der Waals surface area contributed by atoms with E-state index in [1.807, 2.05) is 0 Å². The van der Waals surface area contributed by atoms with Crippen molar-refractivity contribution < 1.29 is 37.0 Å². The van der Waals surface area contributed by atoms with Gasteiger partial charge in [-0.15, -0.1) is 0 Å². The minimum absolute atomic E-state index is 0.0491. The summed E-state index contributed by atoms with van der Waals surface area (Å²) in [6.45, 7) is 4.71. The third-order valence-electron chi connectivity index (χ3n) is 5.40. The average molecular weight is 526 g/mol. The molecule has 0 heterocycles. The highest BCUT2D eigenvalue weighted by molar-refractivity contribution is 5.91. The van der Waals surface area contributed by atoms with E-state index in [4.69, 9.17) is 9.47 Å². The number of nitrogens with zero attached hydrogens (tertiary/aromatic N) is 1. The highest BCUT2D eigenvalue weighted by Gasteiger charge is 2.32. The monoisotopic (exact) mass is 525 g/mol. The Hall–Kier alpha value is -4.32. The van der Waals surface area contributed by atoms with Gasteiger partial charge in [0.1, 0.15) is 18.0 Å². The summed E-state index contributed by atoms with van der Waals surface area (Å²) in [5.41, 5.74) is 0.573. The molecule has 0 aromatic heterocycles.